The molecule has 1 aromatic heterocycles. The van der Waals surface area contributed by atoms with Gasteiger partial charge in [0.25, 0.3) is 5.56 Å². The lowest BCUT2D eigenvalue weighted by Crippen LogP contribution is -2.26. The molecule has 0 bridgehead atoms. The van der Waals surface area contributed by atoms with Crippen LogP contribution in [0.5, 0.6) is 0 Å². The Morgan fingerprint density at radius 2 is 2.31 bits per heavy atom. The molecule has 0 atom stereocenters. The predicted octanol–water partition coefficient (Wildman–Crippen LogP) is 0.0981. The summed E-state index contributed by atoms with van der Waals surface area (Å²) in [6, 6.07) is 0. The fourth-order valence-corrected chi connectivity index (χ4v) is 1.12. The van der Waals surface area contributed by atoms with Crippen molar-refractivity contribution >= 4 is 11.7 Å². The highest BCUT2D eigenvalue weighted by Crippen LogP contribution is 1.90. The summed E-state index contributed by atoms with van der Waals surface area (Å²) in [6.07, 6.45) is 4.19. The van der Waals surface area contributed by atoms with Gasteiger partial charge in [-0.2, -0.15) is 0 Å². The topological polar surface area (TPSA) is 86.9 Å². The summed E-state index contributed by atoms with van der Waals surface area (Å²) in [6.45, 7) is 3.07. The van der Waals surface area contributed by atoms with Crippen LogP contribution in [-0.4, -0.2) is 29.0 Å². The summed E-state index contributed by atoms with van der Waals surface area (Å²) in [5.74, 6) is 0.215. The van der Waals surface area contributed by atoms with Crippen LogP contribution < -0.4 is 16.2 Å². The van der Waals surface area contributed by atoms with Crippen LogP contribution in [-0.2, 0) is 4.79 Å². The fourth-order valence-electron chi connectivity index (χ4n) is 1.12. The van der Waals surface area contributed by atoms with Crippen molar-refractivity contribution in [3.63, 3.8) is 0 Å². The molecule has 6 heteroatoms. The highest BCUT2D eigenvalue weighted by Gasteiger charge is 2.01. The normalized spacial score (nSPS) is 9.81. The highest BCUT2D eigenvalue weighted by molar-refractivity contribution is 5.76. The summed E-state index contributed by atoms with van der Waals surface area (Å²) in [4.78, 5) is 28.7. The minimum absolute atomic E-state index is 0.0262. The maximum absolute atomic E-state index is 11.2. The Morgan fingerprint density at radius 3 is 3.00 bits per heavy atom. The third-order valence-electron chi connectivity index (χ3n) is 1.92. The molecule has 0 aliphatic carbocycles. The van der Waals surface area contributed by atoms with Gasteiger partial charge in [-0.15, -0.1) is 0 Å². The van der Waals surface area contributed by atoms with E-state index >= 15 is 0 Å². The number of carbonyl (C=O) groups is 1. The number of nitrogens with one attached hydrogen (secondary N) is 3. The largest absolute Gasteiger partial charge is 0.365 e. The molecule has 0 fully saturated rings. The molecule has 0 aromatic carbocycles. The second-order valence-electron chi connectivity index (χ2n) is 3.29. The standard InChI is InChI=1S/C10H16N4O2/c1-2-4-11-8(15)3-5-12-9-10(16)14-7-6-13-9/h6-7H,2-5H2,1H3,(H,11,15)(H,12,13)(H,14,16). The minimum atomic E-state index is -0.281. The first kappa shape index (κ1) is 12.2. The number of hydrogen-bond donors (Lipinski definition) is 3. The summed E-state index contributed by atoms with van der Waals surface area (Å²) in [5, 5.41) is 5.55. The van der Waals surface area contributed by atoms with Crippen LogP contribution in [0.4, 0.5) is 5.82 Å². The van der Waals surface area contributed by atoms with E-state index in [-0.39, 0.29) is 17.3 Å². The maximum atomic E-state index is 11.2. The van der Waals surface area contributed by atoms with Crippen molar-refractivity contribution in [1.82, 2.24) is 15.3 Å². The van der Waals surface area contributed by atoms with E-state index in [1.165, 1.54) is 12.4 Å². The van der Waals surface area contributed by atoms with Crippen molar-refractivity contribution in [3.8, 4) is 0 Å². The molecule has 0 aliphatic heterocycles. The number of anilines is 1. The lowest BCUT2D eigenvalue weighted by atomic mass is 10.3. The van der Waals surface area contributed by atoms with Crippen LogP contribution in [0, 0.1) is 0 Å². The first-order valence-electron chi connectivity index (χ1n) is 5.28. The number of rotatable bonds is 6. The molecule has 0 spiro atoms. The molecule has 0 saturated heterocycles. The van der Waals surface area contributed by atoms with Gasteiger partial charge in [0.05, 0.1) is 0 Å². The van der Waals surface area contributed by atoms with Gasteiger partial charge in [-0.05, 0) is 6.42 Å². The maximum Gasteiger partial charge on any atom is 0.290 e. The van der Waals surface area contributed by atoms with E-state index in [4.69, 9.17) is 0 Å². The molecule has 1 rings (SSSR count). The van der Waals surface area contributed by atoms with Crippen molar-refractivity contribution in [2.24, 2.45) is 0 Å². The van der Waals surface area contributed by atoms with E-state index in [0.29, 0.717) is 19.5 Å². The fraction of sp³-hybridized carbons (Fsp3) is 0.500. The van der Waals surface area contributed by atoms with E-state index in [0.717, 1.165) is 6.42 Å². The first-order chi connectivity index (χ1) is 7.74. The number of aromatic amines is 1. The zero-order valence-corrected chi connectivity index (χ0v) is 9.25. The Hall–Kier alpha value is -1.85. The highest BCUT2D eigenvalue weighted by atomic mass is 16.1. The molecule has 1 heterocycles. The SMILES string of the molecule is CCCNC(=O)CCNc1ncc[nH]c1=O. The number of hydrogen-bond acceptors (Lipinski definition) is 4. The number of nitrogens with zero attached hydrogens (tertiary/aromatic N) is 1. The van der Waals surface area contributed by atoms with Crippen LogP contribution in [0.2, 0.25) is 0 Å². The monoisotopic (exact) mass is 224 g/mol. The van der Waals surface area contributed by atoms with E-state index < -0.39 is 0 Å². The number of aromatic nitrogens is 2. The van der Waals surface area contributed by atoms with Crippen molar-refractivity contribution in [1.29, 1.82) is 0 Å². The van der Waals surface area contributed by atoms with Crippen molar-refractivity contribution in [2.75, 3.05) is 18.4 Å². The van der Waals surface area contributed by atoms with Crippen LogP contribution in [0.15, 0.2) is 17.2 Å². The number of H-pyrrole nitrogens is 1. The quantitative estimate of drug-likeness (QED) is 0.639. The summed E-state index contributed by atoms with van der Waals surface area (Å²) >= 11 is 0. The Labute approximate surface area is 93.5 Å². The van der Waals surface area contributed by atoms with Gasteiger partial charge in [-0.25, -0.2) is 4.98 Å². The molecule has 6 nitrogen and oxygen atoms in total. The summed E-state index contributed by atoms with van der Waals surface area (Å²) in [7, 11) is 0. The molecule has 3 N–H and O–H groups in total. The van der Waals surface area contributed by atoms with Gasteiger partial charge in [0, 0.05) is 31.9 Å². The Kier molecular flexibility index (Phi) is 5.04. The van der Waals surface area contributed by atoms with Gasteiger partial charge in [0.2, 0.25) is 5.91 Å². The molecule has 0 saturated carbocycles. The van der Waals surface area contributed by atoms with Crippen molar-refractivity contribution < 1.29 is 4.79 Å². The Balaban J connectivity index is 2.28. The lowest BCUT2D eigenvalue weighted by Gasteiger charge is -2.04. The minimum Gasteiger partial charge on any atom is -0.365 e. The van der Waals surface area contributed by atoms with Crippen LogP contribution in [0.25, 0.3) is 0 Å². The molecule has 1 amide bonds. The smallest absolute Gasteiger partial charge is 0.290 e. The lowest BCUT2D eigenvalue weighted by molar-refractivity contribution is -0.120. The molecular formula is C10H16N4O2. The molecule has 16 heavy (non-hydrogen) atoms. The average molecular weight is 224 g/mol. The van der Waals surface area contributed by atoms with Gasteiger partial charge in [-0.1, -0.05) is 6.92 Å². The van der Waals surface area contributed by atoms with Gasteiger partial charge in [0.1, 0.15) is 0 Å². The second-order valence-corrected chi connectivity index (χ2v) is 3.29. The van der Waals surface area contributed by atoms with Gasteiger partial charge >= 0.3 is 0 Å². The first-order valence-corrected chi connectivity index (χ1v) is 5.28. The molecular weight excluding hydrogens is 208 g/mol. The molecule has 1 aromatic rings. The average Bonchev–Trinajstić information content (AvgIpc) is 2.29. The molecule has 0 radical (unpaired) electrons. The third-order valence-corrected chi connectivity index (χ3v) is 1.92. The molecule has 0 unspecified atom stereocenters. The summed E-state index contributed by atoms with van der Waals surface area (Å²) in [5.41, 5.74) is -0.281. The number of amides is 1. The third kappa shape index (κ3) is 4.12. The Bertz CT molecular complexity index is 388. The second kappa shape index (κ2) is 6.60. The van der Waals surface area contributed by atoms with Crippen LogP contribution in [0.1, 0.15) is 19.8 Å². The van der Waals surface area contributed by atoms with Gasteiger partial charge < -0.3 is 15.6 Å². The summed E-state index contributed by atoms with van der Waals surface area (Å²) < 4.78 is 0. The van der Waals surface area contributed by atoms with E-state index in [9.17, 15) is 9.59 Å². The Morgan fingerprint density at radius 1 is 1.50 bits per heavy atom. The zero-order chi connectivity index (χ0) is 11.8. The number of carbonyl (C=O) groups excluding carboxylic acids is 1. The van der Waals surface area contributed by atoms with Crippen LogP contribution in [0.3, 0.4) is 0 Å². The molecule has 0 aliphatic rings. The predicted molar refractivity (Wildman–Crippen MR) is 61.3 cm³/mol. The van der Waals surface area contributed by atoms with Crippen molar-refractivity contribution in [3.05, 3.63) is 22.7 Å². The van der Waals surface area contributed by atoms with E-state index in [1.807, 2.05) is 6.92 Å². The van der Waals surface area contributed by atoms with E-state index in [1.54, 1.807) is 0 Å². The van der Waals surface area contributed by atoms with Gasteiger partial charge in [-0.3, -0.25) is 9.59 Å². The van der Waals surface area contributed by atoms with Crippen LogP contribution >= 0.6 is 0 Å². The van der Waals surface area contributed by atoms with E-state index in [2.05, 4.69) is 20.6 Å². The molecule has 88 valence electrons. The van der Waals surface area contributed by atoms with Gasteiger partial charge in [0.15, 0.2) is 5.82 Å². The van der Waals surface area contributed by atoms with Crippen molar-refractivity contribution in [2.45, 2.75) is 19.8 Å². The zero-order valence-electron chi connectivity index (χ0n) is 9.25.